The zero-order chi connectivity index (χ0) is 20.9. The third-order valence-electron chi connectivity index (χ3n) is 5.79. The molecule has 1 aromatic heterocycles. The number of carbonyl (C=O) groups excluding carboxylic acids is 3. The van der Waals surface area contributed by atoms with E-state index in [1.165, 1.54) is 0 Å². The number of nitrogens with one attached hydrogen (secondary N) is 2. The fraction of sp³-hybridized carbons (Fsp3) is 0.125. The van der Waals surface area contributed by atoms with Gasteiger partial charge >= 0.3 is 6.03 Å². The third kappa shape index (κ3) is 2.61. The van der Waals surface area contributed by atoms with E-state index in [1.54, 1.807) is 13.1 Å². The van der Waals surface area contributed by atoms with Gasteiger partial charge in [-0.15, -0.1) is 0 Å². The Morgan fingerprint density at radius 1 is 0.933 bits per heavy atom. The number of aromatic nitrogens is 1. The molecule has 6 nitrogen and oxygen atoms in total. The zero-order valence-electron chi connectivity index (χ0n) is 16.3. The lowest BCUT2D eigenvalue weighted by Crippen LogP contribution is -2.41. The van der Waals surface area contributed by atoms with Crippen LogP contribution in [0.2, 0.25) is 0 Å². The number of ketones is 1. The topological polar surface area (TPSA) is 82.3 Å². The molecular weight excluding hydrogens is 378 g/mol. The first kappa shape index (κ1) is 18.1. The van der Waals surface area contributed by atoms with Gasteiger partial charge in [-0.3, -0.25) is 14.5 Å². The Morgan fingerprint density at radius 2 is 1.63 bits per heavy atom. The van der Waals surface area contributed by atoms with E-state index in [4.69, 9.17) is 0 Å². The van der Waals surface area contributed by atoms with E-state index in [0.29, 0.717) is 11.1 Å². The van der Waals surface area contributed by atoms with E-state index >= 15 is 0 Å². The van der Waals surface area contributed by atoms with Crippen LogP contribution < -0.4 is 5.32 Å². The largest absolute Gasteiger partial charge is 0.360 e. The Labute approximate surface area is 172 Å². The number of rotatable bonds is 4. The Bertz CT molecular complexity index is 1330. The zero-order valence-corrected chi connectivity index (χ0v) is 16.3. The van der Waals surface area contributed by atoms with E-state index < -0.39 is 17.5 Å². The molecule has 2 N–H and O–H groups in total. The number of amides is 3. The number of Topliss-reactive ketones (excluding diaryl/α,β-unsaturated/α-hetero) is 1. The number of hydrogen-bond acceptors (Lipinski definition) is 3. The van der Waals surface area contributed by atoms with Crippen LogP contribution in [0.1, 0.15) is 22.8 Å². The molecule has 1 aliphatic heterocycles. The lowest BCUT2D eigenvalue weighted by Gasteiger charge is -2.24. The van der Waals surface area contributed by atoms with Crippen LogP contribution in [0.15, 0.2) is 72.9 Å². The average Bonchev–Trinajstić information content (AvgIpc) is 3.28. The first-order valence-corrected chi connectivity index (χ1v) is 9.71. The van der Waals surface area contributed by atoms with Crippen LogP contribution in [0.25, 0.3) is 21.7 Å². The minimum absolute atomic E-state index is 0.293. The second-order valence-electron chi connectivity index (χ2n) is 7.64. The van der Waals surface area contributed by atoms with Gasteiger partial charge in [0.1, 0.15) is 5.54 Å². The van der Waals surface area contributed by atoms with E-state index in [2.05, 4.69) is 10.3 Å². The number of imide groups is 1. The maximum absolute atomic E-state index is 13.3. The van der Waals surface area contributed by atoms with Gasteiger partial charge in [0.2, 0.25) is 0 Å². The quantitative estimate of drug-likeness (QED) is 0.404. The van der Waals surface area contributed by atoms with E-state index in [0.717, 1.165) is 26.6 Å². The molecule has 0 radical (unpaired) electrons. The molecule has 4 aromatic rings. The Kier molecular flexibility index (Phi) is 3.96. The molecule has 2 heterocycles. The third-order valence-corrected chi connectivity index (χ3v) is 5.79. The number of hydrogen-bond donors (Lipinski definition) is 2. The van der Waals surface area contributed by atoms with Crippen molar-refractivity contribution in [2.24, 2.45) is 0 Å². The number of nitrogens with zero attached hydrogens (tertiary/aromatic N) is 1. The van der Waals surface area contributed by atoms with Gasteiger partial charge in [0.25, 0.3) is 5.91 Å². The van der Waals surface area contributed by atoms with Crippen LogP contribution in [-0.4, -0.2) is 34.2 Å². The van der Waals surface area contributed by atoms with E-state index in [-0.39, 0.29) is 12.3 Å². The average molecular weight is 397 g/mol. The predicted octanol–water partition coefficient (Wildman–Crippen LogP) is 3.97. The molecule has 30 heavy (non-hydrogen) atoms. The van der Waals surface area contributed by atoms with Crippen molar-refractivity contribution < 1.29 is 14.4 Å². The fourth-order valence-corrected chi connectivity index (χ4v) is 4.22. The summed E-state index contributed by atoms with van der Waals surface area (Å²) in [4.78, 5) is 43.0. The standard InChI is InChI=1S/C24H19N3O3/c1-24(19-11-6-8-15-7-2-3-9-16(15)19)22(29)27(23(30)26-24)14-21(28)18-13-25-20-12-5-4-10-17(18)20/h2-13,25H,14H2,1H3,(H,26,30). The van der Waals surface area contributed by atoms with Crippen molar-refractivity contribution in [2.75, 3.05) is 6.54 Å². The second-order valence-corrected chi connectivity index (χ2v) is 7.64. The molecule has 3 aromatic carbocycles. The van der Waals surface area contributed by atoms with Crippen LogP contribution in [0.3, 0.4) is 0 Å². The predicted molar refractivity (Wildman–Crippen MR) is 114 cm³/mol. The normalized spacial score (nSPS) is 18.9. The van der Waals surface area contributed by atoms with Crippen molar-refractivity contribution in [3.8, 4) is 0 Å². The minimum atomic E-state index is -1.24. The summed E-state index contributed by atoms with van der Waals surface area (Å²) < 4.78 is 0. The van der Waals surface area contributed by atoms with Crippen molar-refractivity contribution in [1.82, 2.24) is 15.2 Å². The molecule has 1 saturated heterocycles. The number of fused-ring (bicyclic) bond motifs is 2. The van der Waals surface area contributed by atoms with Crippen molar-refractivity contribution in [1.29, 1.82) is 0 Å². The fourth-order valence-electron chi connectivity index (χ4n) is 4.22. The highest BCUT2D eigenvalue weighted by molar-refractivity contribution is 6.15. The Hall–Kier alpha value is -3.93. The van der Waals surface area contributed by atoms with Crippen LogP contribution in [-0.2, 0) is 10.3 Å². The molecule has 3 amide bonds. The second kappa shape index (κ2) is 6.56. The summed E-state index contributed by atoms with van der Waals surface area (Å²) in [6.45, 7) is 1.37. The molecule has 6 heteroatoms. The van der Waals surface area contributed by atoms with Crippen molar-refractivity contribution >= 4 is 39.4 Å². The number of aromatic amines is 1. The molecular formula is C24H19N3O3. The molecule has 0 bridgehead atoms. The van der Waals surface area contributed by atoms with Crippen molar-refractivity contribution in [3.05, 3.63) is 84.1 Å². The van der Waals surface area contributed by atoms with Gasteiger partial charge in [-0.2, -0.15) is 0 Å². The summed E-state index contributed by atoms with van der Waals surface area (Å²) in [5.41, 5.74) is 0.767. The van der Waals surface area contributed by atoms with Gasteiger partial charge in [0, 0.05) is 22.7 Å². The highest BCUT2D eigenvalue weighted by atomic mass is 16.2. The molecule has 5 rings (SSSR count). The monoisotopic (exact) mass is 397 g/mol. The van der Waals surface area contributed by atoms with Gasteiger partial charge in [-0.1, -0.05) is 60.7 Å². The minimum Gasteiger partial charge on any atom is -0.360 e. The summed E-state index contributed by atoms with van der Waals surface area (Å²) in [6, 6.07) is 20.2. The van der Waals surface area contributed by atoms with E-state index in [1.807, 2.05) is 66.7 Å². The number of para-hydroxylation sites is 1. The van der Waals surface area contributed by atoms with Gasteiger partial charge in [-0.05, 0) is 29.3 Å². The number of carbonyl (C=O) groups is 3. The van der Waals surface area contributed by atoms with Gasteiger partial charge in [0.15, 0.2) is 5.78 Å². The van der Waals surface area contributed by atoms with E-state index in [9.17, 15) is 14.4 Å². The van der Waals surface area contributed by atoms with Crippen LogP contribution >= 0.6 is 0 Å². The summed E-state index contributed by atoms with van der Waals surface area (Å²) >= 11 is 0. The summed E-state index contributed by atoms with van der Waals surface area (Å²) in [5, 5.41) is 5.44. The first-order valence-electron chi connectivity index (χ1n) is 9.71. The van der Waals surface area contributed by atoms with Crippen molar-refractivity contribution in [2.45, 2.75) is 12.5 Å². The summed E-state index contributed by atoms with van der Waals surface area (Å²) in [7, 11) is 0. The molecule has 0 aliphatic carbocycles. The lowest BCUT2D eigenvalue weighted by atomic mass is 9.88. The number of benzene rings is 3. The van der Waals surface area contributed by atoms with Crippen LogP contribution in [0.5, 0.6) is 0 Å². The highest BCUT2D eigenvalue weighted by Gasteiger charge is 2.50. The molecule has 1 fully saturated rings. The Morgan fingerprint density at radius 3 is 2.47 bits per heavy atom. The highest BCUT2D eigenvalue weighted by Crippen LogP contribution is 2.34. The first-order chi connectivity index (χ1) is 14.5. The molecule has 148 valence electrons. The molecule has 0 spiro atoms. The number of urea groups is 1. The Balaban J connectivity index is 1.49. The molecule has 1 unspecified atom stereocenters. The van der Waals surface area contributed by atoms with Gasteiger partial charge in [-0.25, -0.2) is 4.79 Å². The lowest BCUT2D eigenvalue weighted by molar-refractivity contribution is -0.130. The SMILES string of the molecule is CC1(c2cccc3ccccc23)NC(=O)N(CC(=O)c2c[nH]c3ccccc23)C1=O. The summed E-state index contributed by atoms with van der Waals surface area (Å²) in [5.74, 6) is -0.727. The molecule has 0 saturated carbocycles. The van der Waals surface area contributed by atoms with Gasteiger partial charge in [0.05, 0.1) is 6.54 Å². The molecule has 1 atom stereocenters. The smallest absolute Gasteiger partial charge is 0.325 e. The maximum atomic E-state index is 13.3. The maximum Gasteiger partial charge on any atom is 0.325 e. The van der Waals surface area contributed by atoms with Crippen LogP contribution in [0, 0.1) is 0 Å². The summed E-state index contributed by atoms with van der Waals surface area (Å²) in [6.07, 6.45) is 1.62. The molecule has 1 aliphatic rings. The van der Waals surface area contributed by atoms with Gasteiger partial charge < -0.3 is 10.3 Å². The van der Waals surface area contributed by atoms with Crippen LogP contribution in [0.4, 0.5) is 4.79 Å². The number of H-pyrrole nitrogens is 1. The van der Waals surface area contributed by atoms with Crippen molar-refractivity contribution in [3.63, 3.8) is 0 Å².